The lowest BCUT2D eigenvalue weighted by molar-refractivity contribution is -0.122. The smallest absolute Gasteiger partial charge is 0.234 e. The van der Waals surface area contributed by atoms with Crippen molar-refractivity contribution >= 4 is 11.6 Å². The zero-order chi connectivity index (χ0) is 14.5. The van der Waals surface area contributed by atoms with E-state index in [-0.39, 0.29) is 5.91 Å². The van der Waals surface area contributed by atoms with Gasteiger partial charge in [-0.05, 0) is 31.6 Å². The molecule has 7 nitrogen and oxygen atoms in total. The lowest BCUT2D eigenvalue weighted by Crippen LogP contribution is -2.38. The van der Waals surface area contributed by atoms with Gasteiger partial charge in [-0.15, -0.1) is 10.2 Å². The molecular formula is C14H20N6O. The van der Waals surface area contributed by atoms with Gasteiger partial charge in [0, 0.05) is 19.3 Å². The van der Waals surface area contributed by atoms with Gasteiger partial charge in [-0.25, -0.2) is 0 Å². The number of amides is 1. The third-order valence-electron chi connectivity index (χ3n) is 3.63. The summed E-state index contributed by atoms with van der Waals surface area (Å²) in [6.45, 7) is 4.70. The Balaban J connectivity index is 1.53. The SMILES string of the molecule is O=C(CN1CCCNCC1)NCc1nnc2ccccn12. The largest absolute Gasteiger partial charge is 0.348 e. The molecule has 1 saturated heterocycles. The van der Waals surface area contributed by atoms with Crippen molar-refractivity contribution in [2.24, 2.45) is 0 Å². The molecule has 2 aromatic rings. The van der Waals surface area contributed by atoms with Crippen molar-refractivity contribution in [3.63, 3.8) is 0 Å². The Hall–Kier alpha value is -1.99. The minimum absolute atomic E-state index is 0.0320. The second-order valence-electron chi connectivity index (χ2n) is 5.20. The topological polar surface area (TPSA) is 74.6 Å². The Kier molecular flexibility index (Phi) is 4.42. The average molecular weight is 288 g/mol. The molecule has 7 heteroatoms. The van der Waals surface area contributed by atoms with Gasteiger partial charge >= 0.3 is 0 Å². The van der Waals surface area contributed by atoms with Crippen LogP contribution in [0.2, 0.25) is 0 Å². The summed E-state index contributed by atoms with van der Waals surface area (Å²) in [5, 5.41) is 14.4. The van der Waals surface area contributed by atoms with Gasteiger partial charge in [-0.2, -0.15) is 0 Å². The molecule has 1 aliphatic heterocycles. The summed E-state index contributed by atoms with van der Waals surface area (Å²) in [5.41, 5.74) is 0.792. The predicted octanol–water partition coefficient (Wildman–Crippen LogP) is -0.359. The van der Waals surface area contributed by atoms with E-state index in [4.69, 9.17) is 0 Å². The first-order valence-electron chi connectivity index (χ1n) is 7.31. The molecule has 2 N–H and O–H groups in total. The highest BCUT2D eigenvalue weighted by molar-refractivity contribution is 5.77. The zero-order valence-corrected chi connectivity index (χ0v) is 12.0. The molecule has 3 heterocycles. The third-order valence-corrected chi connectivity index (χ3v) is 3.63. The van der Waals surface area contributed by atoms with Crippen molar-refractivity contribution in [2.75, 3.05) is 32.7 Å². The highest BCUT2D eigenvalue weighted by atomic mass is 16.2. The molecule has 21 heavy (non-hydrogen) atoms. The molecular weight excluding hydrogens is 268 g/mol. The number of rotatable bonds is 4. The van der Waals surface area contributed by atoms with Crippen LogP contribution in [0.4, 0.5) is 0 Å². The highest BCUT2D eigenvalue weighted by Gasteiger charge is 2.13. The average Bonchev–Trinajstić information content (AvgIpc) is 2.74. The van der Waals surface area contributed by atoms with Crippen molar-refractivity contribution < 1.29 is 4.79 Å². The van der Waals surface area contributed by atoms with Crippen LogP contribution in [-0.2, 0) is 11.3 Å². The summed E-state index contributed by atoms with van der Waals surface area (Å²) >= 11 is 0. The lowest BCUT2D eigenvalue weighted by atomic mass is 10.4. The van der Waals surface area contributed by atoms with Gasteiger partial charge in [0.15, 0.2) is 11.5 Å². The molecule has 3 rings (SSSR count). The summed E-state index contributed by atoms with van der Waals surface area (Å²) in [7, 11) is 0. The fourth-order valence-electron chi connectivity index (χ4n) is 2.51. The van der Waals surface area contributed by atoms with Crippen LogP contribution >= 0.6 is 0 Å². The Labute approximate surface area is 123 Å². The van der Waals surface area contributed by atoms with Crippen molar-refractivity contribution in [1.29, 1.82) is 0 Å². The summed E-state index contributed by atoms with van der Waals surface area (Å²) in [6, 6.07) is 5.73. The first-order chi connectivity index (χ1) is 10.3. The number of carbonyl (C=O) groups excluding carboxylic acids is 1. The highest BCUT2D eigenvalue weighted by Crippen LogP contribution is 2.02. The summed E-state index contributed by atoms with van der Waals surface area (Å²) < 4.78 is 1.89. The quantitative estimate of drug-likeness (QED) is 0.804. The zero-order valence-electron chi connectivity index (χ0n) is 12.0. The molecule has 1 fully saturated rings. The van der Waals surface area contributed by atoms with Crippen LogP contribution < -0.4 is 10.6 Å². The molecule has 2 aromatic heterocycles. The fourth-order valence-corrected chi connectivity index (χ4v) is 2.51. The first kappa shape index (κ1) is 14.0. The molecule has 0 unspecified atom stereocenters. The Morgan fingerprint density at radius 2 is 2.24 bits per heavy atom. The van der Waals surface area contributed by atoms with Crippen molar-refractivity contribution in [1.82, 2.24) is 30.1 Å². The van der Waals surface area contributed by atoms with Crippen molar-refractivity contribution in [2.45, 2.75) is 13.0 Å². The molecule has 0 aliphatic carbocycles. The number of aromatic nitrogens is 3. The van der Waals surface area contributed by atoms with Gasteiger partial charge in [0.2, 0.25) is 5.91 Å². The fraction of sp³-hybridized carbons (Fsp3) is 0.500. The van der Waals surface area contributed by atoms with Crippen LogP contribution in [0.3, 0.4) is 0 Å². The van der Waals surface area contributed by atoms with E-state index in [0.29, 0.717) is 13.1 Å². The van der Waals surface area contributed by atoms with E-state index in [9.17, 15) is 4.79 Å². The van der Waals surface area contributed by atoms with Crippen molar-refractivity contribution in [3.05, 3.63) is 30.2 Å². The second-order valence-corrected chi connectivity index (χ2v) is 5.20. The van der Waals surface area contributed by atoms with E-state index in [1.165, 1.54) is 0 Å². The molecule has 0 aromatic carbocycles. The van der Waals surface area contributed by atoms with Gasteiger partial charge in [-0.3, -0.25) is 14.1 Å². The number of hydrogen-bond acceptors (Lipinski definition) is 5. The number of nitrogens with one attached hydrogen (secondary N) is 2. The van der Waals surface area contributed by atoms with Crippen LogP contribution in [0, 0.1) is 0 Å². The van der Waals surface area contributed by atoms with Crippen LogP contribution in [-0.4, -0.2) is 58.1 Å². The number of nitrogens with zero attached hydrogens (tertiary/aromatic N) is 4. The maximum atomic E-state index is 12.0. The molecule has 1 aliphatic rings. The van der Waals surface area contributed by atoms with E-state index in [0.717, 1.165) is 44.1 Å². The number of fused-ring (bicyclic) bond motifs is 1. The molecule has 0 spiro atoms. The van der Waals surface area contributed by atoms with Crippen LogP contribution in [0.15, 0.2) is 24.4 Å². The van der Waals surface area contributed by atoms with Crippen molar-refractivity contribution in [3.8, 4) is 0 Å². The molecule has 0 bridgehead atoms. The third kappa shape index (κ3) is 3.56. The van der Waals surface area contributed by atoms with Gasteiger partial charge in [0.05, 0.1) is 13.1 Å². The van der Waals surface area contributed by atoms with Crippen LogP contribution in [0.1, 0.15) is 12.2 Å². The molecule has 1 amide bonds. The lowest BCUT2D eigenvalue weighted by Gasteiger charge is -2.18. The standard InChI is InChI=1S/C14H20N6O/c21-14(11-19-7-3-5-15-6-9-19)16-10-13-18-17-12-4-1-2-8-20(12)13/h1-2,4,8,15H,3,5-7,9-11H2,(H,16,21). The summed E-state index contributed by atoms with van der Waals surface area (Å²) in [5.74, 6) is 0.779. The second kappa shape index (κ2) is 6.64. The molecule has 112 valence electrons. The van der Waals surface area contributed by atoms with Crippen LogP contribution in [0.5, 0.6) is 0 Å². The maximum absolute atomic E-state index is 12.0. The molecule has 0 radical (unpaired) electrons. The van der Waals surface area contributed by atoms with E-state index < -0.39 is 0 Å². The van der Waals surface area contributed by atoms with E-state index in [1.54, 1.807) is 0 Å². The van der Waals surface area contributed by atoms with Gasteiger partial charge in [0.25, 0.3) is 0 Å². The maximum Gasteiger partial charge on any atom is 0.234 e. The summed E-state index contributed by atoms with van der Waals surface area (Å²) in [6.07, 6.45) is 2.99. The van der Waals surface area contributed by atoms with E-state index >= 15 is 0 Å². The Morgan fingerprint density at radius 3 is 3.19 bits per heavy atom. The van der Waals surface area contributed by atoms with E-state index in [1.807, 2.05) is 28.8 Å². The first-order valence-corrected chi connectivity index (χ1v) is 7.31. The van der Waals surface area contributed by atoms with Gasteiger partial charge in [0.1, 0.15) is 0 Å². The minimum Gasteiger partial charge on any atom is -0.348 e. The number of carbonyl (C=O) groups is 1. The monoisotopic (exact) mass is 288 g/mol. The van der Waals surface area contributed by atoms with Crippen LogP contribution in [0.25, 0.3) is 5.65 Å². The molecule has 0 saturated carbocycles. The Morgan fingerprint density at radius 1 is 1.29 bits per heavy atom. The minimum atomic E-state index is 0.0320. The normalized spacial score (nSPS) is 16.8. The van der Waals surface area contributed by atoms with Gasteiger partial charge < -0.3 is 10.6 Å². The summed E-state index contributed by atoms with van der Waals surface area (Å²) in [4.78, 5) is 14.2. The predicted molar refractivity (Wildman–Crippen MR) is 78.8 cm³/mol. The Bertz CT molecular complexity index is 602. The number of pyridine rings is 1. The van der Waals surface area contributed by atoms with Gasteiger partial charge in [-0.1, -0.05) is 6.07 Å². The molecule has 0 atom stereocenters. The number of hydrogen-bond donors (Lipinski definition) is 2. The van der Waals surface area contributed by atoms with E-state index in [2.05, 4.69) is 25.7 Å².